The number of hydrogen-bond donors (Lipinski definition) is 0. The van der Waals surface area contributed by atoms with Crippen LogP contribution in [0, 0.1) is 5.92 Å². The maximum Gasteiger partial charge on any atom is 0.223 e. The number of ether oxygens (including phenoxy) is 1. The summed E-state index contributed by atoms with van der Waals surface area (Å²) >= 11 is 9.40. The Balaban J connectivity index is 1.79. The van der Waals surface area contributed by atoms with E-state index in [0.29, 0.717) is 36.3 Å². The lowest BCUT2D eigenvalue weighted by atomic mass is 10.2. The number of rotatable bonds is 5. The van der Waals surface area contributed by atoms with Crippen LogP contribution in [0.2, 0.25) is 5.02 Å². The summed E-state index contributed by atoms with van der Waals surface area (Å²) in [7, 11) is 0. The topological polar surface area (TPSA) is 29.5 Å². The van der Waals surface area contributed by atoms with E-state index in [1.807, 2.05) is 23.1 Å². The smallest absolute Gasteiger partial charge is 0.223 e. The Kier molecular flexibility index (Phi) is 4.89. The number of carbonyl (C=O) groups is 1. The second kappa shape index (κ2) is 6.43. The van der Waals surface area contributed by atoms with Crippen LogP contribution >= 0.6 is 27.5 Å². The molecule has 1 saturated heterocycles. The SMILES string of the molecule is O=C1CC(CBr)CN1CCOc1ccccc1Cl. The van der Waals surface area contributed by atoms with Gasteiger partial charge in [-0.15, -0.1) is 0 Å². The molecule has 1 fully saturated rings. The number of alkyl halides is 1. The van der Waals surface area contributed by atoms with Crippen molar-refractivity contribution in [1.29, 1.82) is 0 Å². The average molecular weight is 333 g/mol. The molecule has 0 radical (unpaired) electrons. The molecule has 0 bridgehead atoms. The van der Waals surface area contributed by atoms with Gasteiger partial charge < -0.3 is 9.64 Å². The van der Waals surface area contributed by atoms with Crippen LogP contribution in [0.15, 0.2) is 24.3 Å². The summed E-state index contributed by atoms with van der Waals surface area (Å²) in [4.78, 5) is 13.5. The Bertz CT molecular complexity index is 427. The molecule has 1 aromatic rings. The zero-order chi connectivity index (χ0) is 13.0. The van der Waals surface area contributed by atoms with Gasteiger partial charge in [0.15, 0.2) is 0 Å². The Morgan fingerprint density at radius 3 is 2.89 bits per heavy atom. The molecule has 2 rings (SSSR count). The lowest BCUT2D eigenvalue weighted by Gasteiger charge is -2.16. The van der Waals surface area contributed by atoms with E-state index in [2.05, 4.69) is 15.9 Å². The number of nitrogens with zero attached hydrogens (tertiary/aromatic N) is 1. The molecule has 0 aromatic heterocycles. The van der Waals surface area contributed by atoms with Gasteiger partial charge in [0, 0.05) is 18.3 Å². The zero-order valence-corrected chi connectivity index (χ0v) is 12.3. The maximum atomic E-state index is 11.7. The summed E-state index contributed by atoms with van der Waals surface area (Å²) in [5, 5.41) is 1.48. The van der Waals surface area contributed by atoms with Crippen molar-refractivity contribution in [3.05, 3.63) is 29.3 Å². The molecule has 1 atom stereocenters. The predicted molar refractivity (Wildman–Crippen MR) is 75.4 cm³/mol. The molecule has 1 heterocycles. The first-order valence-corrected chi connectivity index (χ1v) is 7.41. The summed E-state index contributed by atoms with van der Waals surface area (Å²) in [6, 6.07) is 7.36. The molecule has 1 amide bonds. The fourth-order valence-corrected chi connectivity index (χ4v) is 2.62. The van der Waals surface area contributed by atoms with Crippen LogP contribution in [0.1, 0.15) is 6.42 Å². The molecule has 1 aliphatic heterocycles. The highest BCUT2D eigenvalue weighted by Gasteiger charge is 2.28. The van der Waals surface area contributed by atoms with Crippen molar-refractivity contribution in [1.82, 2.24) is 4.90 Å². The number of likely N-dealkylation sites (tertiary alicyclic amines) is 1. The van der Waals surface area contributed by atoms with Crippen molar-refractivity contribution in [2.45, 2.75) is 6.42 Å². The van der Waals surface area contributed by atoms with E-state index in [4.69, 9.17) is 16.3 Å². The van der Waals surface area contributed by atoms with Crippen LogP contribution in [-0.4, -0.2) is 35.8 Å². The standard InChI is InChI=1S/C13H15BrClNO2/c14-8-10-7-13(17)16(9-10)5-6-18-12-4-2-1-3-11(12)15/h1-4,10H,5-9H2. The third-order valence-electron chi connectivity index (χ3n) is 2.97. The van der Waals surface area contributed by atoms with Gasteiger partial charge in [0.05, 0.1) is 11.6 Å². The largest absolute Gasteiger partial charge is 0.490 e. The van der Waals surface area contributed by atoms with Gasteiger partial charge in [0.2, 0.25) is 5.91 Å². The third kappa shape index (κ3) is 3.39. The summed E-state index contributed by atoms with van der Waals surface area (Å²) in [6.45, 7) is 1.91. The van der Waals surface area contributed by atoms with Gasteiger partial charge in [-0.3, -0.25) is 4.79 Å². The number of para-hydroxylation sites is 1. The highest BCUT2D eigenvalue weighted by molar-refractivity contribution is 9.09. The maximum absolute atomic E-state index is 11.7. The molecule has 0 saturated carbocycles. The third-order valence-corrected chi connectivity index (χ3v) is 4.20. The second-order valence-electron chi connectivity index (χ2n) is 4.34. The number of benzene rings is 1. The summed E-state index contributed by atoms with van der Waals surface area (Å²) in [5.41, 5.74) is 0. The van der Waals surface area contributed by atoms with Crippen LogP contribution in [0.4, 0.5) is 0 Å². The quantitative estimate of drug-likeness (QED) is 0.776. The minimum atomic E-state index is 0.210. The van der Waals surface area contributed by atoms with E-state index < -0.39 is 0 Å². The first-order chi connectivity index (χ1) is 8.70. The molecule has 0 N–H and O–H groups in total. The second-order valence-corrected chi connectivity index (χ2v) is 5.40. The zero-order valence-electron chi connectivity index (χ0n) is 9.94. The van der Waals surface area contributed by atoms with Crippen LogP contribution in [0.5, 0.6) is 5.75 Å². The number of hydrogen-bond acceptors (Lipinski definition) is 2. The van der Waals surface area contributed by atoms with Crippen LogP contribution < -0.4 is 4.74 Å². The molecule has 5 heteroatoms. The van der Waals surface area contributed by atoms with E-state index in [9.17, 15) is 4.79 Å². The first-order valence-electron chi connectivity index (χ1n) is 5.91. The fraction of sp³-hybridized carbons (Fsp3) is 0.462. The minimum Gasteiger partial charge on any atom is -0.490 e. The van der Waals surface area contributed by atoms with E-state index >= 15 is 0 Å². The molecule has 1 aliphatic rings. The number of halogens is 2. The van der Waals surface area contributed by atoms with Crippen molar-refractivity contribution in [2.75, 3.05) is 25.0 Å². The van der Waals surface area contributed by atoms with Crippen molar-refractivity contribution in [3.63, 3.8) is 0 Å². The van der Waals surface area contributed by atoms with Gasteiger partial charge >= 0.3 is 0 Å². The number of carbonyl (C=O) groups excluding carboxylic acids is 1. The summed E-state index contributed by atoms with van der Waals surface area (Å²) in [5.74, 6) is 1.31. The van der Waals surface area contributed by atoms with Crippen molar-refractivity contribution >= 4 is 33.4 Å². The highest BCUT2D eigenvalue weighted by atomic mass is 79.9. The minimum absolute atomic E-state index is 0.210. The van der Waals surface area contributed by atoms with Gasteiger partial charge in [-0.1, -0.05) is 39.7 Å². The molecule has 18 heavy (non-hydrogen) atoms. The van der Waals surface area contributed by atoms with Crippen molar-refractivity contribution in [2.24, 2.45) is 5.92 Å². The van der Waals surface area contributed by atoms with Crippen LogP contribution in [-0.2, 0) is 4.79 Å². The molecular weight excluding hydrogens is 318 g/mol. The van der Waals surface area contributed by atoms with E-state index in [1.165, 1.54) is 0 Å². The molecule has 0 spiro atoms. The Morgan fingerprint density at radius 1 is 1.44 bits per heavy atom. The fourth-order valence-electron chi connectivity index (χ4n) is 2.00. The summed E-state index contributed by atoms with van der Waals surface area (Å²) in [6.07, 6.45) is 0.636. The van der Waals surface area contributed by atoms with Gasteiger partial charge in [0.1, 0.15) is 12.4 Å². The van der Waals surface area contributed by atoms with E-state index in [0.717, 1.165) is 11.9 Å². The lowest BCUT2D eigenvalue weighted by Crippen LogP contribution is -2.30. The predicted octanol–water partition coefficient (Wildman–Crippen LogP) is 2.96. The molecule has 98 valence electrons. The Morgan fingerprint density at radius 2 is 2.22 bits per heavy atom. The lowest BCUT2D eigenvalue weighted by molar-refractivity contribution is -0.128. The molecule has 0 aliphatic carbocycles. The highest BCUT2D eigenvalue weighted by Crippen LogP contribution is 2.23. The van der Waals surface area contributed by atoms with Gasteiger partial charge in [-0.25, -0.2) is 0 Å². The summed E-state index contributed by atoms with van der Waals surface area (Å²) < 4.78 is 5.58. The first kappa shape index (κ1) is 13.7. The molecule has 1 aromatic carbocycles. The number of amides is 1. The van der Waals surface area contributed by atoms with Gasteiger partial charge in [-0.2, -0.15) is 0 Å². The van der Waals surface area contributed by atoms with Gasteiger partial charge in [-0.05, 0) is 18.1 Å². The van der Waals surface area contributed by atoms with Crippen LogP contribution in [0.3, 0.4) is 0 Å². The van der Waals surface area contributed by atoms with Crippen molar-refractivity contribution in [3.8, 4) is 5.75 Å². The van der Waals surface area contributed by atoms with Gasteiger partial charge in [0.25, 0.3) is 0 Å². The molecule has 3 nitrogen and oxygen atoms in total. The van der Waals surface area contributed by atoms with Crippen molar-refractivity contribution < 1.29 is 9.53 Å². The molecular formula is C13H15BrClNO2. The van der Waals surface area contributed by atoms with E-state index in [-0.39, 0.29) is 5.91 Å². The Labute approximate surface area is 120 Å². The van der Waals surface area contributed by atoms with E-state index in [1.54, 1.807) is 6.07 Å². The average Bonchev–Trinajstić information content (AvgIpc) is 2.73. The normalized spacial score (nSPS) is 19.3. The van der Waals surface area contributed by atoms with Crippen LogP contribution in [0.25, 0.3) is 0 Å². The molecule has 1 unspecified atom stereocenters. The Hall–Kier alpha value is -0.740. The monoisotopic (exact) mass is 331 g/mol.